The summed E-state index contributed by atoms with van der Waals surface area (Å²) in [6.45, 7) is 7.27. The zero-order valence-electron chi connectivity index (χ0n) is 59.7. The standard InChI is InChI=1S/C73H142O17P2/c1-6-9-12-15-18-21-24-25-26-27-30-33-38-42-47-52-57-71(76)84-63-69(90-73(78)59-54-49-44-39-34-31-28-29-32-35-40-45-50-55-66(4)5)65-88-92(81,82)86-61-67(74)60-85-91(79,80)87-64-68(89-72(77)58-53-48-43-37-23-20-17-14-11-8-3)62-83-70(75)56-51-46-41-36-22-19-16-13-10-7-2/h66-69,74H,6-65H2,1-5H3,(H,79,80)(H,81,82)/t67-,68+,69+/m0/s1. The Morgan fingerprint density at radius 2 is 0.500 bits per heavy atom. The summed E-state index contributed by atoms with van der Waals surface area (Å²) >= 11 is 0. The Bertz CT molecular complexity index is 1770. The van der Waals surface area contributed by atoms with Gasteiger partial charge in [0.15, 0.2) is 12.2 Å². The number of phosphoric ester groups is 2. The van der Waals surface area contributed by atoms with Crippen molar-refractivity contribution in [3.05, 3.63) is 0 Å². The first-order chi connectivity index (χ1) is 44.5. The Hall–Kier alpha value is -1.94. The Kier molecular flexibility index (Phi) is 64.9. The van der Waals surface area contributed by atoms with E-state index in [9.17, 15) is 43.2 Å². The minimum absolute atomic E-state index is 0.107. The van der Waals surface area contributed by atoms with E-state index in [2.05, 4.69) is 34.6 Å². The van der Waals surface area contributed by atoms with Crippen molar-refractivity contribution in [3.8, 4) is 0 Å². The summed E-state index contributed by atoms with van der Waals surface area (Å²) in [4.78, 5) is 72.6. The molecule has 0 aliphatic heterocycles. The quantitative estimate of drug-likeness (QED) is 0.0222. The second-order valence-electron chi connectivity index (χ2n) is 26.8. The lowest BCUT2D eigenvalue weighted by molar-refractivity contribution is -0.161. The second-order valence-corrected chi connectivity index (χ2v) is 29.7. The highest BCUT2D eigenvalue weighted by molar-refractivity contribution is 7.47. The maximum atomic E-state index is 13.1. The van der Waals surface area contributed by atoms with Gasteiger partial charge in [-0.1, -0.05) is 330 Å². The third kappa shape index (κ3) is 66.7. The van der Waals surface area contributed by atoms with E-state index in [1.165, 1.54) is 205 Å². The number of hydrogen-bond acceptors (Lipinski definition) is 15. The fourth-order valence-corrected chi connectivity index (χ4v) is 12.8. The molecule has 0 aliphatic rings. The number of unbranched alkanes of at least 4 members (excludes halogenated alkanes) is 45. The molecule has 0 rings (SSSR count). The van der Waals surface area contributed by atoms with Crippen LogP contribution in [0.1, 0.15) is 381 Å². The third-order valence-corrected chi connectivity index (χ3v) is 18.9. The van der Waals surface area contributed by atoms with Gasteiger partial charge in [0.05, 0.1) is 26.4 Å². The summed E-state index contributed by atoms with van der Waals surface area (Å²) in [5.74, 6) is -1.33. The van der Waals surface area contributed by atoms with E-state index in [1.54, 1.807) is 0 Å². The van der Waals surface area contributed by atoms with Gasteiger partial charge in [0, 0.05) is 25.7 Å². The fourth-order valence-electron chi connectivity index (χ4n) is 11.2. The summed E-state index contributed by atoms with van der Waals surface area (Å²) in [6.07, 6.45) is 54.0. The molecule has 0 aromatic rings. The lowest BCUT2D eigenvalue weighted by Gasteiger charge is -2.21. The largest absolute Gasteiger partial charge is 0.472 e. The zero-order valence-corrected chi connectivity index (χ0v) is 61.5. The Balaban J connectivity index is 5.22. The topological polar surface area (TPSA) is 237 Å². The van der Waals surface area contributed by atoms with Gasteiger partial charge in [0.1, 0.15) is 19.3 Å². The maximum absolute atomic E-state index is 13.1. The van der Waals surface area contributed by atoms with Gasteiger partial charge in [-0.25, -0.2) is 9.13 Å². The molecule has 0 saturated carbocycles. The zero-order chi connectivity index (χ0) is 67.7. The number of aliphatic hydroxyl groups excluding tert-OH is 1. The molecular formula is C73H142O17P2. The Labute approximate surface area is 562 Å². The van der Waals surface area contributed by atoms with Crippen LogP contribution >= 0.6 is 15.6 Å². The van der Waals surface area contributed by atoms with Crippen LogP contribution in [-0.4, -0.2) is 96.7 Å². The number of carbonyl (C=O) groups is 4. The predicted molar refractivity (Wildman–Crippen MR) is 372 cm³/mol. The van der Waals surface area contributed by atoms with E-state index < -0.39 is 97.5 Å². The molecule has 0 radical (unpaired) electrons. The van der Waals surface area contributed by atoms with Crippen LogP contribution in [0, 0.1) is 5.92 Å². The SMILES string of the molecule is CCCCCCCCCCCCCCCCCCC(=O)OC[C@H](COP(=O)(O)OC[C@@H](O)COP(=O)(O)OC[C@@H](COC(=O)CCCCCCCCCCCC)OC(=O)CCCCCCCCCCCC)OC(=O)CCCCCCCCCCCCCCCC(C)C. The number of ether oxygens (including phenoxy) is 4. The van der Waals surface area contributed by atoms with E-state index in [0.717, 1.165) is 95.8 Å². The number of esters is 4. The van der Waals surface area contributed by atoms with Crippen molar-refractivity contribution in [2.75, 3.05) is 39.6 Å². The molecule has 0 spiro atoms. The molecule has 0 aromatic heterocycles. The van der Waals surface area contributed by atoms with Crippen LogP contribution in [0.15, 0.2) is 0 Å². The van der Waals surface area contributed by atoms with Crippen molar-refractivity contribution in [2.45, 2.75) is 400 Å². The number of rotatable bonds is 73. The van der Waals surface area contributed by atoms with Crippen molar-refractivity contribution in [1.82, 2.24) is 0 Å². The van der Waals surface area contributed by atoms with Crippen molar-refractivity contribution in [2.24, 2.45) is 5.92 Å². The molecule has 0 aromatic carbocycles. The number of carbonyl (C=O) groups excluding carboxylic acids is 4. The van der Waals surface area contributed by atoms with Crippen LogP contribution in [0.5, 0.6) is 0 Å². The molecule has 5 atom stereocenters. The van der Waals surface area contributed by atoms with Gasteiger partial charge in [-0.05, 0) is 31.6 Å². The highest BCUT2D eigenvalue weighted by atomic mass is 31.2. The van der Waals surface area contributed by atoms with Gasteiger partial charge >= 0.3 is 39.5 Å². The summed E-state index contributed by atoms with van der Waals surface area (Å²) in [6, 6.07) is 0. The molecule has 0 aliphatic carbocycles. The number of phosphoric acid groups is 2. The van der Waals surface area contributed by atoms with Gasteiger partial charge < -0.3 is 33.8 Å². The number of hydrogen-bond donors (Lipinski definition) is 3. The molecular weight excluding hydrogens is 1210 g/mol. The highest BCUT2D eigenvalue weighted by Crippen LogP contribution is 2.45. The summed E-state index contributed by atoms with van der Waals surface area (Å²) in [5, 5.41) is 10.6. The first-order valence-electron chi connectivity index (χ1n) is 38.1. The molecule has 0 amide bonds. The summed E-state index contributed by atoms with van der Waals surface area (Å²) in [5.41, 5.74) is 0. The van der Waals surface area contributed by atoms with E-state index in [4.69, 9.17) is 37.0 Å². The summed E-state index contributed by atoms with van der Waals surface area (Å²) < 4.78 is 68.4. The number of aliphatic hydroxyl groups is 1. The maximum Gasteiger partial charge on any atom is 0.472 e. The monoisotopic (exact) mass is 1350 g/mol. The molecule has 2 unspecified atom stereocenters. The van der Waals surface area contributed by atoms with Crippen LogP contribution in [0.4, 0.5) is 0 Å². The van der Waals surface area contributed by atoms with Crippen LogP contribution < -0.4 is 0 Å². The van der Waals surface area contributed by atoms with Crippen molar-refractivity contribution >= 4 is 39.5 Å². The minimum Gasteiger partial charge on any atom is -0.462 e. The van der Waals surface area contributed by atoms with Gasteiger partial charge in [-0.2, -0.15) is 0 Å². The average molecular weight is 1350 g/mol. The van der Waals surface area contributed by atoms with Gasteiger partial charge in [0.25, 0.3) is 0 Å². The van der Waals surface area contributed by atoms with Crippen molar-refractivity contribution in [1.29, 1.82) is 0 Å². The average Bonchev–Trinajstić information content (AvgIpc) is 2.07. The summed E-state index contributed by atoms with van der Waals surface area (Å²) in [7, 11) is -9.90. The molecule has 546 valence electrons. The third-order valence-electron chi connectivity index (χ3n) is 17.0. The van der Waals surface area contributed by atoms with E-state index >= 15 is 0 Å². The van der Waals surface area contributed by atoms with Crippen LogP contribution in [-0.2, 0) is 65.4 Å². The normalized spacial score (nSPS) is 14.0. The molecule has 3 N–H and O–H groups in total. The van der Waals surface area contributed by atoms with Crippen molar-refractivity contribution in [3.63, 3.8) is 0 Å². The minimum atomic E-state index is -4.95. The molecule has 19 heteroatoms. The van der Waals surface area contributed by atoms with Gasteiger partial charge in [-0.3, -0.25) is 37.3 Å². The molecule has 0 heterocycles. The van der Waals surface area contributed by atoms with Crippen LogP contribution in [0.3, 0.4) is 0 Å². The van der Waals surface area contributed by atoms with Crippen LogP contribution in [0.2, 0.25) is 0 Å². The predicted octanol–water partition coefficient (Wildman–Crippen LogP) is 21.3. The molecule has 17 nitrogen and oxygen atoms in total. The Morgan fingerprint density at radius 3 is 0.739 bits per heavy atom. The van der Waals surface area contributed by atoms with Gasteiger partial charge in [0.2, 0.25) is 0 Å². The molecule has 0 bridgehead atoms. The Morgan fingerprint density at radius 1 is 0.293 bits per heavy atom. The van der Waals surface area contributed by atoms with Crippen molar-refractivity contribution < 1.29 is 80.2 Å². The molecule has 0 fully saturated rings. The van der Waals surface area contributed by atoms with E-state index in [-0.39, 0.29) is 25.7 Å². The molecule has 0 saturated heterocycles. The lowest BCUT2D eigenvalue weighted by Crippen LogP contribution is -2.30. The van der Waals surface area contributed by atoms with Gasteiger partial charge in [-0.15, -0.1) is 0 Å². The lowest BCUT2D eigenvalue weighted by atomic mass is 10.0. The smallest absolute Gasteiger partial charge is 0.462 e. The first kappa shape index (κ1) is 90.1. The second kappa shape index (κ2) is 66.3. The van der Waals surface area contributed by atoms with E-state index in [0.29, 0.717) is 25.7 Å². The first-order valence-corrected chi connectivity index (χ1v) is 41.1. The van der Waals surface area contributed by atoms with Crippen LogP contribution in [0.25, 0.3) is 0 Å². The van der Waals surface area contributed by atoms with E-state index in [1.807, 2.05) is 0 Å². The molecule has 92 heavy (non-hydrogen) atoms. The highest BCUT2D eigenvalue weighted by Gasteiger charge is 2.30. The fraction of sp³-hybridized carbons (Fsp3) is 0.945.